The quantitative estimate of drug-likeness (QED) is 0.115. The molecule has 1 heterocycles. The van der Waals surface area contributed by atoms with E-state index in [1.807, 2.05) is 73.2 Å². The zero-order valence-electron chi connectivity index (χ0n) is 29.9. The van der Waals surface area contributed by atoms with Gasteiger partial charge in [0.25, 0.3) is 0 Å². The maximum Gasteiger partial charge on any atom is 0.135 e. The van der Waals surface area contributed by atoms with Crippen molar-refractivity contribution in [1.82, 2.24) is 9.55 Å². The fourth-order valence-corrected chi connectivity index (χ4v) is 7.62. The first-order valence-electron chi connectivity index (χ1n) is 18.2. The highest BCUT2D eigenvalue weighted by atomic mass is 16.3. The predicted octanol–water partition coefficient (Wildman–Crippen LogP) is 10.9. The van der Waals surface area contributed by atoms with Crippen LogP contribution in [0, 0.1) is 5.92 Å². The second-order valence-corrected chi connectivity index (χ2v) is 13.8. The molecule has 1 aromatic heterocycles. The van der Waals surface area contributed by atoms with E-state index in [-0.39, 0.29) is 5.92 Å². The molecule has 0 saturated carbocycles. The van der Waals surface area contributed by atoms with Gasteiger partial charge in [0.15, 0.2) is 0 Å². The van der Waals surface area contributed by atoms with Crippen LogP contribution in [0.1, 0.15) is 52.9 Å². The molecule has 7 aromatic carbocycles. The number of hydrogen-bond acceptors (Lipinski definition) is 3. The third-order valence-electron chi connectivity index (χ3n) is 10.4. The van der Waals surface area contributed by atoms with Gasteiger partial charge in [-0.25, -0.2) is 9.98 Å². The number of aliphatic hydroxyl groups is 1. The number of nitrogens with zero attached hydrogens (tertiary/aromatic N) is 3. The van der Waals surface area contributed by atoms with E-state index in [1.165, 1.54) is 0 Å². The number of rotatable bonds is 10. The van der Waals surface area contributed by atoms with E-state index in [0.717, 1.165) is 55.6 Å². The maximum absolute atomic E-state index is 12.8. The first-order chi connectivity index (χ1) is 26.0. The Kier molecular flexibility index (Phi) is 9.14. The number of imidazole rings is 1. The Morgan fingerprint density at radius 3 is 1.49 bits per heavy atom. The molecule has 0 bridgehead atoms. The van der Waals surface area contributed by atoms with Crippen LogP contribution in [0.5, 0.6) is 0 Å². The van der Waals surface area contributed by atoms with E-state index < -0.39 is 11.1 Å². The molecule has 0 radical (unpaired) electrons. The van der Waals surface area contributed by atoms with Gasteiger partial charge in [-0.05, 0) is 57.1 Å². The van der Waals surface area contributed by atoms with Crippen molar-refractivity contribution in [2.75, 3.05) is 0 Å². The zero-order valence-corrected chi connectivity index (χ0v) is 29.9. The molecule has 0 spiro atoms. The van der Waals surface area contributed by atoms with Crippen LogP contribution >= 0.6 is 0 Å². The van der Waals surface area contributed by atoms with Gasteiger partial charge in [0.05, 0.1) is 23.4 Å². The summed E-state index contributed by atoms with van der Waals surface area (Å²) in [6, 6.07) is 64.6. The minimum Gasteiger partial charge on any atom is -0.378 e. The molecule has 258 valence electrons. The Morgan fingerprint density at radius 1 is 0.547 bits per heavy atom. The molecule has 53 heavy (non-hydrogen) atoms. The summed E-state index contributed by atoms with van der Waals surface area (Å²) in [5, 5.41) is 14.9. The molecule has 0 aliphatic carbocycles. The highest BCUT2D eigenvalue weighted by Crippen LogP contribution is 2.43. The van der Waals surface area contributed by atoms with Crippen molar-refractivity contribution < 1.29 is 5.11 Å². The van der Waals surface area contributed by atoms with Gasteiger partial charge in [0, 0.05) is 17.3 Å². The van der Waals surface area contributed by atoms with Gasteiger partial charge >= 0.3 is 0 Å². The monoisotopic (exact) mass is 687 g/mol. The summed E-state index contributed by atoms with van der Waals surface area (Å²) in [7, 11) is 0. The predicted molar refractivity (Wildman–Crippen MR) is 217 cm³/mol. The first kappa shape index (κ1) is 33.8. The summed E-state index contributed by atoms with van der Waals surface area (Å²) in [6.45, 7) is 4.10. The van der Waals surface area contributed by atoms with Crippen LogP contribution in [-0.4, -0.2) is 20.4 Å². The molecule has 0 aliphatic rings. The molecular weight excluding hydrogens is 647 g/mol. The highest BCUT2D eigenvalue weighted by Gasteiger charge is 2.42. The molecule has 1 atom stereocenters. The van der Waals surface area contributed by atoms with Crippen molar-refractivity contribution in [2.45, 2.75) is 25.0 Å². The SMILES string of the molecule is CC(C)C(O)(c1ccc2cc(N=C(c3ccccc3)c3ccccc3)ccc2c1)c1cn(C(c2ccccc2)(c2ccccc2)c2ccccc2)cn1. The van der Waals surface area contributed by atoms with Crippen molar-refractivity contribution in [3.63, 3.8) is 0 Å². The van der Waals surface area contributed by atoms with Crippen molar-refractivity contribution in [1.29, 1.82) is 0 Å². The summed E-state index contributed by atoms with van der Waals surface area (Å²) in [5.74, 6) is -0.175. The fourth-order valence-electron chi connectivity index (χ4n) is 7.62. The van der Waals surface area contributed by atoms with Gasteiger partial charge in [0.1, 0.15) is 11.1 Å². The van der Waals surface area contributed by atoms with E-state index in [4.69, 9.17) is 9.98 Å². The van der Waals surface area contributed by atoms with Crippen molar-refractivity contribution in [3.8, 4) is 0 Å². The summed E-state index contributed by atoms with van der Waals surface area (Å²) < 4.78 is 2.16. The molecule has 0 saturated heterocycles. The molecule has 0 aliphatic heterocycles. The summed E-state index contributed by atoms with van der Waals surface area (Å²) in [5.41, 5.74) is 6.50. The smallest absolute Gasteiger partial charge is 0.135 e. The highest BCUT2D eigenvalue weighted by molar-refractivity contribution is 6.14. The van der Waals surface area contributed by atoms with Gasteiger partial charge in [-0.2, -0.15) is 0 Å². The van der Waals surface area contributed by atoms with Crippen LogP contribution in [0.2, 0.25) is 0 Å². The largest absolute Gasteiger partial charge is 0.378 e. The fraction of sp³-hybridized carbons (Fsp3) is 0.102. The number of benzene rings is 7. The van der Waals surface area contributed by atoms with Gasteiger partial charge < -0.3 is 9.67 Å². The lowest BCUT2D eigenvalue weighted by molar-refractivity contribution is 0.0279. The van der Waals surface area contributed by atoms with Crippen molar-refractivity contribution >= 4 is 22.2 Å². The molecule has 4 heteroatoms. The molecule has 0 amide bonds. The molecule has 4 nitrogen and oxygen atoms in total. The van der Waals surface area contributed by atoms with Crippen LogP contribution in [0.15, 0.2) is 206 Å². The average Bonchev–Trinajstić information content (AvgIpc) is 3.72. The summed E-state index contributed by atoms with van der Waals surface area (Å²) in [4.78, 5) is 10.2. The average molecular weight is 688 g/mol. The molecule has 8 rings (SSSR count). The van der Waals surface area contributed by atoms with Crippen LogP contribution in [0.4, 0.5) is 5.69 Å². The lowest BCUT2D eigenvalue weighted by Crippen LogP contribution is -2.37. The van der Waals surface area contributed by atoms with Crippen LogP contribution in [0.25, 0.3) is 10.8 Å². The Morgan fingerprint density at radius 2 is 1.00 bits per heavy atom. The molecule has 1 N–H and O–H groups in total. The second kappa shape index (κ2) is 14.3. The first-order valence-corrected chi connectivity index (χ1v) is 18.2. The number of aliphatic imine (C=N–C) groups is 1. The van der Waals surface area contributed by atoms with Gasteiger partial charge in [0.2, 0.25) is 0 Å². The minimum atomic E-state index is -1.36. The van der Waals surface area contributed by atoms with Gasteiger partial charge in [-0.3, -0.25) is 0 Å². The van der Waals surface area contributed by atoms with E-state index >= 15 is 0 Å². The summed E-state index contributed by atoms with van der Waals surface area (Å²) >= 11 is 0. The number of fused-ring (bicyclic) bond motifs is 1. The van der Waals surface area contributed by atoms with Crippen molar-refractivity contribution in [3.05, 3.63) is 240 Å². The van der Waals surface area contributed by atoms with E-state index in [1.54, 1.807) is 0 Å². The molecule has 1 unspecified atom stereocenters. The zero-order chi connectivity index (χ0) is 36.3. The van der Waals surface area contributed by atoms with Crippen LogP contribution in [-0.2, 0) is 11.1 Å². The van der Waals surface area contributed by atoms with E-state index in [0.29, 0.717) is 5.69 Å². The summed E-state index contributed by atoms with van der Waals surface area (Å²) in [6.07, 6.45) is 3.90. The number of aromatic nitrogens is 2. The Bertz CT molecular complexity index is 2340. The minimum absolute atomic E-state index is 0.175. The number of hydrogen-bond donors (Lipinski definition) is 1. The van der Waals surface area contributed by atoms with E-state index in [9.17, 15) is 5.11 Å². The molecule has 8 aromatic rings. The lowest BCUT2D eigenvalue weighted by Gasteiger charge is -2.37. The van der Waals surface area contributed by atoms with Gasteiger partial charge in [-0.1, -0.05) is 184 Å². The standard InChI is InChI=1S/C49H41N3O/c1-36(2)49(53,44-30-28-40-33-45(31-29-39(40)32-44)51-47(37-18-8-3-9-19-37)38-20-10-4-11-21-38)46-34-52(35-50-46)48(41-22-12-5-13-23-41,42-24-14-6-15-25-42)43-26-16-7-17-27-43/h3-36,53H,1-2H3. The maximum atomic E-state index is 12.8. The van der Waals surface area contributed by atoms with E-state index in [2.05, 4.69) is 146 Å². The topological polar surface area (TPSA) is 50.4 Å². The Balaban J connectivity index is 1.23. The Labute approximate surface area is 311 Å². The van der Waals surface area contributed by atoms with Crippen LogP contribution < -0.4 is 0 Å². The molecule has 0 fully saturated rings. The lowest BCUT2D eigenvalue weighted by atomic mass is 9.76. The second-order valence-electron chi connectivity index (χ2n) is 13.8. The normalized spacial score (nSPS) is 12.8. The van der Waals surface area contributed by atoms with Gasteiger partial charge in [-0.15, -0.1) is 0 Å². The van der Waals surface area contributed by atoms with Crippen molar-refractivity contribution in [2.24, 2.45) is 10.9 Å². The van der Waals surface area contributed by atoms with Crippen LogP contribution in [0.3, 0.4) is 0 Å². The molecular formula is C49H41N3O. The third-order valence-corrected chi connectivity index (χ3v) is 10.4. The third kappa shape index (κ3) is 6.18. The Hall–Kier alpha value is -6.36.